The molecule has 0 bridgehead atoms. The number of halogens is 1. The van der Waals surface area contributed by atoms with Crippen LogP contribution in [0.2, 0.25) is 5.15 Å². The molecule has 0 aliphatic carbocycles. The summed E-state index contributed by atoms with van der Waals surface area (Å²) in [6, 6.07) is 0. The summed E-state index contributed by atoms with van der Waals surface area (Å²) in [6.07, 6.45) is 3.11. The van der Waals surface area contributed by atoms with Gasteiger partial charge in [-0.15, -0.1) is 0 Å². The lowest BCUT2D eigenvalue weighted by Gasteiger charge is -2.04. The molecular formula is C8H11ClN4O2. The molecule has 0 aromatic carbocycles. The molecule has 1 aromatic heterocycles. The molecule has 1 heterocycles. The molecule has 1 aromatic rings. The highest BCUT2D eigenvalue weighted by Crippen LogP contribution is 2.27. The minimum absolute atomic E-state index is 0.144. The number of anilines is 1. The van der Waals surface area contributed by atoms with Crippen molar-refractivity contribution in [3.8, 4) is 0 Å². The molecule has 6 nitrogen and oxygen atoms in total. The summed E-state index contributed by atoms with van der Waals surface area (Å²) >= 11 is 5.60. The largest absolute Gasteiger partial charge is 0.364 e. The number of rotatable bonds is 5. The van der Waals surface area contributed by atoms with Crippen LogP contribution in [-0.2, 0) is 0 Å². The number of hydrogen-bond acceptors (Lipinski definition) is 5. The monoisotopic (exact) mass is 230 g/mol. The number of nitrogens with one attached hydrogen (secondary N) is 1. The van der Waals surface area contributed by atoms with Gasteiger partial charge in [-0.3, -0.25) is 10.1 Å². The highest BCUT2D eigenvalue weighted by molar-refractivity contribution is 6.31. The normalized spacial score (nSPS) is 10.0. The summed E-state index contributed by atoms with van der Waals surface area (Å²) < 4.78 is 0. The molecule has 1 rings (SSSR count). The Labute approximate surface area is 91.8 Å². The van der Waals surface area contributed by atoms with Crippen LogP contribution in [-0.4, -0.2) is 21.4 Å². The Balaban J connectivity index is 2.86. The standard InChI is InChI=1S/C8H11ClN4O2/c1-2-3-4-10-8-6(13(14)15)7(9)11-5-12-8/h5H,2-4H2,1H3,(H,10,11,12). The van der Waals surface area contributed by atoms with Crippen molar-refractivity contribution in [2.24, 2.45) is 0 Å². The molecular weight excluding hydrogens is 220 g/mol. The Morgan fingerprint density at radius 3 is 2.93 bits per heavy atom. The molecule has 0 fully saturated rings. The molecule has 0 saturated heterocycles. The third-order valence-corrected chi connectivity index (χ3v) is 2.06. The summed E-state index contributed by atoms with van der Waals surface area (Å²) in [4.78, 5) is 17.4. The summed E-state index contributed by atoms with van der Waals surface area (Å²) in [7, 11) is 0. The SMILES string of the molecule is CCCCNc1ncnc(Cl)c1[N+](=O)[O-]. The number of aromatic nitrogens is 2. The predicted molar refractivity (Wildman–Crippen MR) is 57.1 cm³/mol. The maximum atomic E-state index is 10.7. The van der Waals surface area contributed by atoms with Gasteiger partial charge >= 0.3 is 5.69 Å². The molecule has 7 heteroatoms. The van der Waals surface area contributed by atoms with E-state index in [1.807, 2.05) is 6.92 Å². The van der Waals surface area contributed by atoms with E-state index in [0.717, 1.165) is 12.8 Å². The van der Waals surface area contributed by atoms with Crippen molar-refractivity contribution in [1.82, 2.24) is 9.97 Å². The third kappa shape index (κ3) is 3.02. The van der Waals surface area contributed by atoms with E-state index in [1.165, 1.54) is 6.33 Å². The minimum Gasteiger partial charge on any atom is -0.364 e. The van der Waals surface area contributed by atoms with E-state index < -0.39 is 4.92 Å². The van der Waals surface area contributed by atoms with E-state index in [9.17, 15) is 10.1 Å². The first kappa shape index (κ1) is 11.6. The average molecular weight is 231 g/mol. The first-order valence-corrected chi connectivity index (χ1v) is 4.93. The lowest BCUT2D eigenvalue weighted by atomic mass is 10.3. The summed E-state index contributed by atoms with van der Waals surface area (Å²) in [5.41, 5.74) is -0.268. The van der Waals surface area contributed by atoms with E-state index in [0.29, 0.717) is 6.54 Å². The summed E-state index contributed by atoms with van der Waals surface area (Å²) in [5, 5.41) is 13.4. The lowest BCUT2D eigenvalue weighted by molar-refractivity contribution is -0.384. The topological polar surface area (TPSA) is 81.0 Å². The van der Waals surface area contributed by atoms with Crippen molar-refractivity contribution in [2.75, 3.05) is 11.9 Å². The lowest BCUT2D eigenvalue weighted by Crippen LogP contribution is -2.06. The van der Waals surface area contributed by atoms with Crippen LogP contribution >= 0.6 is 11.6 Å². The smallest absolute Gasteiger partial charge is 0.348 e. The molecule has 0 aliphatic heterocycles. The summed E-state index contributed by atoms with van der Waals surface area (Å²) in [5.74, 6) is 0.174. The van der Waals surface area contributed by atoms with Crippen molar-refractivity contribution >= 4 is 23.1 Å². The van der Waals surface area contributed by atoms with Crippen LogP contribution in [0.25, 0.3) is 0 Å². The first-order valence-electron chi connectivity index (χ1n) is 4.55. The van der Waals surface area contributed by atoms with Crippen molar-refractivity contribution in [3.05, 3.63) is 21.6 Å². The van der Waals surface area contributed by atoms with Crippen LogP contribution in [0, 0.1) is 10.1 Å². The Kier molecular flexibility index (Phi) is 4.23. The van der Waals surface area contributed by atoms with Crippen molar-refractivity contribution < 1.29 is 4.92 Å². The van der Waals surface area contributed by atoms with Gasteiger partial charge in [-0.1, -0.05) is 24.9 Å². The van der Waals surface area contributed by atoms with Crippen LogP contribution in [0.5, 0.6) is 0 Å². The zero-order chi connectivity index (χ0) is 11.3. The van der Waals surface area contributed by atoms with Gasteiger partial charge in [-0.2, -0.15) is 0 Å². The quantitative estimate of drug-likeness (QED) is 0.363. The van der Waals surface area contributed by atoms with Crippen LogP contribution in [0.4, 0.5) is 11.5 Å². The van der Waals surface area contributed by atoms with E-state index in [4.69, 9.17) is 11.6 Å². The second-order valence-corrected chi connectivity index (χ2v) is 3.26. The molecule has 0 amide bonds. The predicted octanol–water partition coefficient (Wildman–Crippen LogP) is 2.25. The zero-order valence-electron chi connectivity index (χ0n) is 8.23. The molecule has 0 atom stereocenters. The van der Waals surface area contributed by atoms with E-state index in [1.54, 1.807) is 0 Å². The Bertz CT molecular complexity index is 358. The number of nitrogens with zero attached hydrogens (tertiary/aromatic N) is 3. The number of unbranched alkanes of at least 4 members (excludes halogenated alkanes) is 1. The van der Waals surface area contributed by atoms with Crippen LogP contribution in [0.3, 0.4) is 0 Å². The van der Waals surface area contributed by atoms with Gasteiger partial charge < -0.3 is 5.32 Å². The van der Waals surface area contributed by atoms with Gasteiger partial charge in [0.15, 0.2) is 0 Å². The first-order chi connectivity index (χ1) is 7.16. The Hall–Kier alpha value is -1.43. The van der Waals surface area contributed by atoms with Gasteiger partial charge in [-0.05, 0) is 6.42 Å². The molecule has 1 N–H and O–H groups in total. The third-order valence-electron chi connectivity index (χ3n) is 1.78. The molecule has 15 heavy (non-hydrogen) atoms. The van der Waals surface area contributed by atoms with Crippen LogP contribution < -0.4 is 5.32 Å². The van der Waals surface area contributed by atoms with Crippen molar-refractivity contribution in [2.45, 2.75) is 19.8 Å². The van der Waals surface area contributed by atoms with E-state index in [2.05, 4.69) is 15.3 Å². The van der Waals surface area contributed by atoms with E-state index >= 15 is 0 Å². The van der Waals surface area contributed by atoms with Crippen LogP contribution in [0.1, 0.15) is 19.8 Å². The average Bonchev–Trinajstić information content (AvgIpc) is 2.17. The fourth-order valence-electron chi connectivity index (χ4n) is 1.03. The molecule has 0 saturated carbocycles. The molecule has 82 valence electrons. The van der Waals surface area contributed by atoms with Crippen molar-refractivity contribution in [1.29, 1.82) is 0 Å². The fourth-order valence-corrected chi connectivity index (χ4v) is 1.23. The van der Waals surface area contributed by atoms with Gasteiger partial charge in [0.2, 0.25) is 11.0 Å². The van der Waals surface area contributed by atoms with Gasteiger partial charge in [0.05, 0.1) is 4.92 Å². The molecule has 0 unspecified atom stereocenters. The van der Waals surface area contributed by atoms with Crippen LogP contribution in [0.15, 0.2) is 6.33 Å². The van der Waals surface area contributed by atoms with Gasteiger partial charge in [-0.25, -0.2) is 9.97 Å². The maximum absolute atomic E-state index is 10.7. The van der Waals surface area contributed by atoms with Gasteiger partial charge in [0, 0.05) is 6.54 Å². The second-order valence-electron chi connectivity index (χ2n) is 2.90. The van der Waals surface area contributed by atoms with Crippen molar-refractivity contribution in [3.63, 3.8) is 0 Å². The molecule has 0 aliphatic rings. The summed E-state index contributed by atoms with van der Waals surface area (Å²) in [6.45, 7) is 2.66. The Morgan fingerprint density at radius 1 is 1.60 bits per heavy atom. The maximum Gasteiger partial charge on any atom is 0.348 e. The van der Waals surface area contributed by atoms with Gasteiger partial charge in [0.1, 0.15) is 6.33 Å². The Morgan fingerprint density at radius 2 is 2.33 bits per heavy atom. The second kappa shape index (κ2) is 5.45. The highest BCUT2D eigenvalue weighted by atomic mass is 35.5. The molecule has 0 spiro atoms. The number of nitro groups is 1. The van der Waals surface area contributed by atoms with E-state index in [-0.39, 0.29) is 16.7 Å². The minimum atomic E-state index is -0.587. The zero-order valence-corrected chi connectivity index (χ0v) is 8.99. The number of hydrogen-bond donors (Lipinski definition) is 1. The fraction of sp³-hybridized carbons (Fsp3) is 0.500. The highest BCUT2D eigenvalue weighted by Gasteiger charge is 2.20. The van der Waals surface area contributed by atoms with Gasteiger partial charge in [0.25, 0.3) is 0 Å². The molecule has 0 radical (unpaired) electrons.